The number of H-pyrrole nitrogens is 1. The van der Waals surface area contributed by atoms with Crippen LogP contribution in [0.4, 0.5) is 5.82 Å². The van der Waals surface area contributed by atoms with Crippen LogP contribution in [0, 0.1) is 0 Å². The zero-order valence-electron chi connectivity index (χ0n) is 15.9. The van der Waals surface area contributed by atoms with Crippen LogP contribution >= 0.6 is 0 Å². The van der Waals surface area contributed by atoms with Crippen LogP contribution in [0.1, 0.15) is 43.4 Å². The Kier molecular flexibility index (Phi) is 4.75. The fourth-order valence-corrected chi connectivity index (χ4v) is 3.25. The number of amides is 1. The van der Waals surface area contributed by atoms with Gasteiger partial charge in [0.25, 0.3) is 5.91 Å². The van der Waals surface area contributed by atoms with Crippen LogP contribution in [0.25, 0.3) is 0 Å². The van der Waals surface area contributed by atoms with Gasteiger partial charge in [0.1, 0.15) is 17.1 Å². The molecule has 3 heterocycles. The predicted molar refractivity (Wildman–Crippen MR) is 100 cm³/mol. The minimum absolute atomic E-state index is 0.100. The highest BCUT2D eigenvalue weighted by Gasteiger charge is 2.38. The van der Waals surface area contributed by atoms with E-state index in [1.807, 2.05) is 23.1 Å². The summed E-state index contributed by atoms with van der Waals surface area (Å²) in [4.78, 5) is 20.6. The summed E-state index contributed by atoms with van der Waals surface area (Å²) in [7, 11) is 1.70. The third kappa shape index (κ3) is 3.88. The molecule has 140 valence electrons. The normalized spacial score (nSPS) is 20.4. The molecule has 1 amide bonds. The van der Waals surface area contributed by atoms with Crippen LogP contribution in [-0.4, -0.2) is 63.4 Å². The summed E-state index contributed by atoms with van der Waals surface area (Å²) in [6, 6.07) is 7.52. The summed E-state index contributed by atoms with van der Waals surface area (Å²) in [5, 5.41) is 18.0. The van der Waals surface area contributed by atoms with Gasteiger partial charge in [-0.1, -0.05) is 26.8 Å². The summed E-state index contributed by atoms with van der Waals surface area (Å²) in [6.45, 7) is 7.61. The molecule has 3 rings (SSSR count). The number of hydrogen-bond donors (Lipinski definition) is 2. The molecular weight excluding hydrogens is 330 g/mol. The van der Waals surface area contributed by atoms with E-state index in [0.717, 1.165) is 11.5 Å². The van der Waals surface area contributed by atoms with Crippen LogP contribution in [0.2, 0.25) is 0 Å². The molecule has 0 radical (unpaired) electrons. The fraction of sp³-hybridized carbons (Fsp3) is 0.526. The van der Waals surface area contributed by atoms with Crippen molar-refractivity contribution in [1.82, 2.24) is 20.1 Å². The highest BCUT2D eigenvalue weighted by molar-refractivity contribution is 5.92. The average molecular weight is 357 g/mol. The number of carbonyl (C=O) groups is 1. The summed E-state index contributed by atoms with van der Waals surface area (Å²) in [5.41, 5.74) is 0.234. The minimum atomic E-state index is -0.953. The van der Waals surface area contributed by atoms with Gasteiger partial charge in [0.15, 0.2) is 0 Å². The zero-order chi connectivity index (χ0) is 18.9. The second-order valence-corrected chi connectivity index (χ2v) is 8.16. The number of likely N-dealkylation sites (N-methyl/N-ethyl adjacent to an activating group) is 1. The first kappa shape index (κ1) is 18.4. The van der Waals surface area contributed by atoms with Crippen molar-refractivity contribution in [3.63, 3.8) is 0 Å². The van der Waals surface area contributed by atoms with E-state index in [4.69, 9.17) is 0 Å². The number of nitrogens with zero attached hydrogens (tertiary/aromatic N) is 4. The van der Waals surface area contributed by atoms with Crippen LogP contribution in [-0.2, 0) is 5.41 Å². The van der Waals surface area contributed by atoms with Gasteiger partial charge in [-0.25, -0.2) is 4.98 Å². The van der Waals surface area contributed by atoms with Gasteiger partial charge in [-0.3, -0.25) is 9.89 Å². The van der Waals surface area contributed by atoms with Gasteiger partial charge in [-0.05, 0) is 24.6 Å². The molecule has 7 nitrogen and oxygen atoms in total. The lowest BCUT2D eigenvalue weighted by Gasteiger charge is -2.28. The summed E-state index contributed by atoms with van der Waals surface area (Å²) in [5.74, 6) is 0.654. The number of aromatic amines is 1. The van der Waals surface area contributed by atoms with Crippen LogP contribution in [0.15, 0.2) is 30.5 Å². The molecule has 26 heavy (non-hydrogen) atoms. The van der Waals surface area contributed by atoms with Crippen molar-refractivity contribution >= 4 is 11.7 Å². The second kappa shape index (κ2) is 6.72. The van der Waals surface area contributed by atoms with Crippen LogP contribution in [0.5, 0.6) is 0 Å². The average Bonchev–Trinajstić information content (AvgIpc) is 3.22. The lowest BCUT2D eigenvalue weighted by atomic mass is 9.92. The van der Waals surface area contributed by atoms with Crippen molar-refractivity contribution in [1.29, 1.82) is 0 Å². The smallest absolute Gasteiger partial charge is 0.274 e. The number of pyridine rings is 1. The molecule has 0 bridgehead atoms. The number of nitrogens with one attached hydrogen (secondary N) is 1. The number of hydrogen-bond acceptors (Lipinski definition) is 5. The Morgan fingerprint density at radius 1 is 1.42 bits per heavy atom. The van der Waals surface area contributed by atoms with Gasteiger partial charge < -0.3 is 14.9 Å². The van der Waals surface area contributed by atoms with E-state index in [-0.39, 0.29) is 17.9 Å². The van der Waals surface area contributed by atoms with Crippen LogP contribution < -0.4 is 4.90 Å². The molecule has 1 aliphatic heterocycles. The molecule has 2 aromatic heterocycles. The van der Waals surface area contributed by atoms with Gasteiger partial charge in [0, 0.05) is 37.4 Å². The Labute approximate surface area is 154 Å². The zero-order valence-corrected chi connectivity index (χ0v) is 15.9. The second-order valence-electron chi connectivity index (χ2n) is 8.16. The van der Waals surface area contributed by atoms with Gasteiger partial charge in [-0.15, -0.1) is 0 Å². The van der Waals surface area contributed by atoms with Crippen molar-refractivity contribution in [2.24, 2.45) is 0 Å². The summed E-state index contributed by atoms with van der Waals surface area (Å²) >= 11 is 0. The monoisotopic (exact) mass is 357 g/mol. The third-order valence-electron chi connectivity index (χ3n) is 4.79. The topological polar surface area (TPSA) is 85.4 Å². The summed E-state index contributed by atoms with van der Waals surface area (Å²) in [6.07, 6.45) is 2.34. The lowest BCUT2D eigenvalue weighted by molar-refractivity contribution is 0.0262. The van der Waals surface area contributed by atoms with E-state index in [1.165, 1.54) is 0 Å². The molecule has 0 aromatic carbocycles. The predicted octanol–water partition coefficient (Wildman–Crippen LogP) is 1.82. The molecule has 7 heteroatoms. The van der Waals surface area contributed by atoms with Crippen molar-refractivity contribution in [3.05, 3.63) is 41.9 Å². The maximum Gasteiger partial charge on any atom is 0.274 e. The first-order valence-electron chi connectivity index (χ1n) is 8.88. The fourth-order valence-electron chi connectivity index (χ4n) is 3.25. The molecule has 1 aliphatic rings. The van der Waals surface area contributed by atoms with Crippen molar-refractivity contribution in [3.8, 4) is 0 Å². The number of aromatic nitrogens is 3. The van der Waals surface area contributed by atoms with E-state index in [0.29, 0.717) is 25.2 Å². The van der Waals surface area contributed by atoms with Crippen molar-refractivity contribution in [2.75, 3.05) is 31.6 Å². The molecule has 0 saturated carbocycles. The Morgan fingerprint density at radius 3 is 2.81 bits per heavy atom. The Morgan fingerprint density at radius 2 is 2.19 bits per heavy atom. The molecule has 1 atom stereocenters. The molecule has 1 fully saturated rings. The SMILES string of the molecule is CN(C[C@@]1(O)CCN(c2ccccn2)C1)C(=O)c1cc(C(C)(C)C)[nH]n1. The van der Waals surface area contributed by atoms with Gasteiger partial charge in [-0.2, -0.15) is 5.10 Å². The Balaban J connectivity index is 1.65. The van der Waals surface area contributed by atoms with E-state index >= 15 is 0 Å². The highest BCUT2D eigenvalue weighted by atomic mass is 16.3. The highest BCUT2D eigenvalue weighted by Crippen LogP contribution is 2.26. The number of β-amino-alcohol motifs (C(OH)–C–C–N with tert-alkyl or cyclic N) is 1. The standard InChI is InChI=1S/C19H27N5O2/c1-18(2,3)15-11-14(21-22-15)17(25)23(4)12-19(26)8-10-24(13-19)16-7-5-6-9-20-16/h5-7,9,11,26H,8,10,12-13H2,1-4H3,(H,21,22)/t19-/m0/s1. The van der Waals surface area contributed by atoms with Crippen molar-refractivity contribution < 1.29 is 9.90 Å². The molecule has 2 aromatic rings. The molecule has 0 aliphatic carbocycles. The molecule has 1 saturated heterocycles. The largest absolute Gasteiger partial charge is 0.386 e. The first-order chi connectivity index (χ1) is 12.2. The molecule has 0 unspecified atom stereocenters. The maximum absolute atomic E-state index is 12.7. The van der Waals surface area contributed by atoms with Gasteiger partial charge >= 0.3 is 0 Å². The number of rotatable bonds is 4. The maximum atomic E-state index is 12.7. The third-order valence-corrected chi connectivity index (χ3v) is 4.79. The van der Waals surface area contributed by atoms with E-state index in [1.54, 1.807) is 24.2 Å². The van der Waals surface area contributed by atoms with E-state index in [2.05, 4.69) is 36.0 Å². The quantitative estimate of drug-likeness (QED) is 0.872. The first-order valence-corrected chi connectivity index (χ1v) is 8.88. The van der Waals surface area contributed by atoms with E-state index < -0.39 is 5.60 Å². The number of anilines is 1. The lowest BCUT2D eigenvalue weighted by Crippen LogP contribution is -2.46. The molecule has 0 spiro atoms. The summed E-state index contributed by atoms with van der Waals surface area (Å²) < 4.78 is 0. The molecule has 2 N–H and O–H groups in total. The number of aliphatic hydroxyl groups is 1. The van der Waals surface area contributed by atoms with Crippen molar-refractivity contribution in [2.45, 2.75) is 38.2 Å². The van der Waals surface area contributed by atoms with E-state index in [9.17, 15) is 9.90 Å². The Hall–Kier alpha value is -2.41. The Bertz CT molecular complexity index is 768. The van der Waals surface area contributed by atoms with Crippen LogP contribution in [0.3, 0.4) is 0 Å². The molecular formula is C19H27N5O2. The van der Waals surface area contributed by atoms with Gasteiger partial charge in [0.05, 0.1) is 6.54 Å². The number of carbonyl (C=O) groups excluding carboxylic acids is 1. The van der Waals surface area contributed by atoms with Gasteiger partial charge in [0.2, 0.25) is 0 Å². The minimum Gasteiger partial charge on any atom is -0.386 e.